The van der Waals surface area contributed by atoms with E-state index in [1.54, 1.807) is 0 Å². The molecule has 0 aromatic carbocycles. The van der Waals surface area contributed by atoms with Gasteiger partial charge in [-0.1, -0.05) is 20.8 Å². The lowest BCUT2D eigenvalue weighted by molar-refractivity contribution is 0.272. The van der Waals surface area contributed by atoms with E-state index < -0.39 is 0 Å². The second-order valence-corrected chi connectivity index (χ2v) is 4.57. The van der Waals surface area contributed by atoms with Crippen molar-refractivity contribution in [2.24, 2.45) is 17.8 Å². The van der Waals surface area contributed by atoms with Crippen molar-refractivity contribution in [1.29, 1.82) is 0 Å². The summed E-state index contributed by atoms with van der Waals surface area (Å²) in [5, 5.41) is 0. The van der Waals surface area contributed by atoms with E-state index in [4.69, 9.17) is 0 Å². The second-order valence-electron chi connectivity index (χ2n) is 4.57. The third kappa shape index (κ3) is 2.25. The van der Waals surface area contributed by atoms with E-state index in [0.29, 0.717) is 0 Å². The molecule has 13 heavy (non-hydrogen) atoms. The van der Waals surface area contributed by atoms with Crippen molar-refractivity contribution >= 4 is 0 Å². The molecule has 1 aliphatic heterocycles. The highest BCUT2D eigenvalue weighted by Crippen LogP contribution is 2.46. The van der Waals surface area contributed by atoms with Gasteiger partial charge in [-0.3, -0.25) is 0 Å². The van der Waals surface area contributed by atoms with Gasteiger partial charge in [0, 0.05) is 12.6 Å². The first kappa shape index (κ1) is 11.0. The van der Waals surface area contributed by atoms with Gasteiger partial charge >= 0.3 is 0 Å². The van der Waals surface area contributed by atoms with Gasteiger partial charge < -0.3 is 4.90 Å². The Morgan fingerprint density at radius 1 is 1.08 bits per heavy atom. The minimum Gasteiger partial charge on any atom is -0.303 e. The highest BCUT2D eigenvalue weighted by Gasteiger charge is 2.43. The molecule has 0 radical (unpaired) electrons. The summed E-state index contributed by atoms with van der Waals surface area (Å²) in [5.74, 6) is 3.05. The zero-order valence-corrected chi connectivity index (χ0v) is 9.88. The molecule has 1 heteroatoms. The van der Waals surface area contributed by atoms with Crippen molar-refractivity contribution in [3.63, 3.8) is 0 Å². The summed E-state index contributed by atoms with van der Waals surface area (Å²) in [4.78, 5) is 2.52. The topological polar surface area (TPSA) is 3.24 Å². The molecule has 0 bridgehead atoms. The summed E-state index contributed by atoms with van der Waals surface area (Å²) < 4.78 is 0. The predicted octanol–water partition coefficient (Wildman–Crippen LogP) is 3.01. The monoisotopic (exact) mass is 183 g/mol. The maximum Gasteiger partial charge on any atom is 0.00979 e. The molecule has 0 aromatic rings. The summed E-state index contributed by atoms with van der Waals surface area (Å²) >= 11 is 0. The van der Waals surface area contributed by atoms with Gasteiger partial charge in [-0.25, -0.2) is 0 Å². The van der Waals surface area contributed by atoms with Crippen LogP contribution >= 0.6 is 0 Å². The summed E-state index contributed by atoms with van der Waals surface area (Å²) in [7, 11) is 2.27. The van der Waals surface area contributed by atoms with Crippen LogP contribution in [-0.2, 0) is 0 Å². The van der Waals surface area contributed by atoms with Crippen molar-refractivity contribution in [2.45, 2.75) is 46.6 Å². The number of rotatable bonds is 1. The number of nitrogens with zero attached hydrogens (tertiary/aromatic N) is 1. The molecule has 0 aromatic heterocycles. The normalized spacial score (nSPS) is 39.9. The van der Waals surface area contributed by atoms with Crippen molar-refractivity contribution < 1.29 is 0 Å². The smallest absolute Gasteiger partial charge is 0.00979 e. The standard InChI is InChI=1S/C10H19N.C2H6/c1-7-6-11(3)8(2)10(7)9-4-5-9;1-2/h7-10H,4-6H2,1-3H3;1-2H3. The minimum atomic E-state index is 0.845. The van der Waals surface area contributed by atoms with Gasteiger partial charge in [0.05, 0.1) is 0 Å². The molecule has 1 saturated carbocycles. The van der Waals surface area contributed by atoms with Crippen LogP contribution in [0.15, 0.2) is 0 Å². The molecular weight excluding hydrogens is 158 g/mol. The molecule has 2 fully saturated rings. The summed E-state index contributed by atoms with van der Waals surface area (Å²) in [6.07, 6.45) is 3.01. The van der Waals surface area contributed by atoms with E-state index >= 15 is 0 Å². The molecule has 3 atom stereocenters. The van der Waals surface area contributed by atoms with Crippen LogP contribution in [0.3, 0.4) is 0 Å². The molecule has 2 rings (SSSR count). The van der Waals surface area contributed by atoms with Gasteiger partial charge in [0.2, 0.25) is 0 Å². The van der Waals surface area contributed by atoms with Crippen LogP contribution in [0, 0.1) is 17.8 Å². The number of hydrogen-bond donors (Lipinski definition) is 0. The van der Waals surface area contributed by atoms with E-state index in [9.17, 15) is 0 Å². The zero-order chi connectivity index (χ0) is 10.0. The number of hydrogen-bond acceptors (Lipinski definition) is 1. The van der Waals surface area contributed by atoms with E-state index in [0.717, 1.165) is 23.8 Å². The molecule has 0 N–H and O–H groups in total. The number of likely N-dealkylation sites (tertiary alicyclic amines) is 1. The van der Waals surface area contributed by atoms with E-state index in [-0.39, 0.29) is 0 Å². The van der Waals surface area contributed by atoms with Crippen LogP contribution in [0.4, 0.5) is 0 Å². The molecule has 0 spiro atoms. The molecule has 2 aliphatic rings. The predicted molar refractivity (Wildman–Crippen MR) is 58.8 cm³/mol. The average molecular weight is 183 g/mol. The lowest BCUT2D eigenvalue weighted by Crippen LogP contribution is -2.26. The Hall–Kier alpha value is -0.0400. The van der Waals surface area contributed by atoms with E-state index in [1.165, 1.54) is 19.4 Å². The van der Waals surface area contributed by atoms with Crippen molar-refractivity contribution in [3.05, 3.63) is 0 Å². The van der Waals surface area contributed by atoms with Crippen LogP contribution in [0.1, 0.15) is 40.5 Å². The fourth-order valence-corrected chi connectivity index (χ4v) is 2.85. The third-order valence-electron chi connectivity index (χ3n) is 3.65. The quantitative estimate of drug-likeness (QED) is 0.604. The summed E-state index contributed by atoms with van der Waals surface area (Å²) in [6.45, 7) is 10.1. The van der Waals surface area contributed by atoms with Crippen LogP contribution in [-0.4, -0.2) is 24.5 Å². The second kappa shape index (κ2) is 4.45. The SMILES string of the molecule is CC.CC1CN(C)C(C)C1C1CC1. The van der Waals surface area contributed by atoms with Gasteiger partial charge in [-0.15, -0.1) is 0 Å². The molecule has 1 heterocycles. The summed E-state index contributed by atoms with van der Waals surface area (Å²) in [6, 6.07) is 0.845. The van der Waals surface area contributed by atoms with Crippen molar-refractivity contribution in [2.75, 3.05) is 13.6 Å². The maximum absolute atomic E-state index is 2.52. The van der Waals surface area contributed by atoms with E-state index in [2.05, 4.69) is 25.8 Å². The van der Waals surface area contributed by atoms with Gasteiger partial charge in [0.15, 0.2) is 0 Å². The third-order valence-corrected chi connectivity index (χ3v) is 3.65. The van der Waals surface area contributed by atoms with Crippen molar-refractivity contribution in [1.82, 2.24) is 4.90 Å². The Kier molecular flexibility index (Phi) is 3.78. The lowest BCUT2D eigenvalue weighted by atomic mass is 9.88. The average Bonchev–Trinajstić information content (AvgIpc) is 2.88. The van der Waals surface area contributed by atoms with Gasteiger partial charge in [0.25, 0.3) is 0 Å². The van der Waals surface area contributed by atoms with Crippen LogP contribution in [0.2, 0.25) is 0 Å². The maximum atomic E-state index is 2.52. The molecule has 1 aliphatic carbocycles. The Labute approximate surface area is 83.5 Å². The molecule has 1 saturated heterocycles. The van der Waals surface area contributed by atoms with Gasteiger partial charge in [-0.2, -0.15) is 0 Å². The summed E-state index contributed by atoms with van der Waals surface area (Å²) in [5.41, 5.74) is 0. The Balaban J connectivity index is 0.000000396. The fraction of sp³-hybridized carbons (Fsp3) is 1.00. The van der Waals surface area contributed by atoms with Crippen molar-refractivity contribution in [3.8, 4) is 0 Å². The van der Waals surface area contributed by atoms with Gasteiger partial charge in [0.1, 0.15) is 0 Å². The molecule has 1 nitrogen and oxygen atoms in total. The van der Waals surface area contributed by atoms with Crippen LogP contribution in [0.25, 0.3) is 0 Å². The van der Waals surface area contributed by atoms with E-state index in [1.807, 2.05) is 13.8 Å². The minimum absolute atomic E-state index is 0.845. The first-order valence-electron chi connectivity index (χ1n) is 5.90. The fourth-order valence-electron chi connectivity index (χ4n) is 2.85. The zero-order valence-electron chi connectivity index (χ0n) is 9.88. The first-order chi connectivity index (χ1) is 6.20. The largest absolute Gasteiger partial charge is 0.303 e. The molecule has 3 unspecified atom stereocenters. The Morgan fingerprint density at radius 2 is 1.62 bits per heavy atom. The highest BCUT2D eigenvalue weighted by atomic mass is 15.2. The van der Waals surface area contributed by atoms with Gasteiger partial charge in [-0.05, 0) is 44.6 Å². The Morgan fingerprint density at radius 3 is 1.92 bits per heavy atom. The first-order valence-corrected chi connectivity index (χ1v) is 5.90. The Bertz CT molecular complexity index is 151. The van der Waals surface area contributed by atoms with Crippen LogP contribution < -0.4 is 0 Å². The highest BCUT2D eigenvalue weighted by molar-refractivity contribution is 4.95. The molecule has 78 valence electrons. The van der Waals surface area contributed by atoms with Crippen LogP contribution in [0.5, 0.6) is 0 Å². The lowest BCUT2D eigenvalue weighted by Gasteiger charge is -2.20. The molecular formula is C12H25N. The molecule has 0 amide bonds.